The van der Waals surface area contributed by atoms with Gasteiger partial charge in [0.25, 0.3) is 0 Å². The number of aryl methyl sites for hydroxylation is 3. The van der Waals surface area contributed by atoms with Crippen molar-refractivity contribution >= 4 is 11.6 Å². The highest BCUT2D eigenvalue weighted by atomic mass is 19.1. The van der Waals surface area contributed by atoms with Gasteiger partial charge in [-0.3, -0.25) is 4.79 Å². The van der Waals surface area contributed by atoms with Crippen molar-refractivity contribution in [1.82, 2.24) is 0 Å². The smallest absolute Gasteiger partial charge is 0.248 e. The quantitative estimate of drug-likeness (QED) is 0.642. The zero-order chi connectivity index (χ0) is 21.0. The number of carbonyl (C=O) groups is 1. The van der Waals surface area contributed by atoms with Crippen LogP contribution in [-0.2, 0) is 11.2 Å². The molecule has 0 radical (unpaired) electrons. The van der Waals surface area contributed by atoms with Crippen LogP contribution in [0.2, 0.25) is 0 Å². The van der Waals surface area contributed by atoms with Crippen LogP contribution in [0.25, 0.3) is 0 Å². The molecule has 0 fully saturated rings. The van der Waals surface area contributed by atoms with Crippen molar-refractivity contribution in [3.05, 3.63) is 100 Å². The van der Waals surface area contributed by atoms with Crippen LogP contribution in [0.3, 0.4) is 0 Å². The Bertz CT molecular complexity index is 981. The molecule has 0 aliphatic heterocycles. The summed E-state index contributed by atoms with van der Waals surface area (Å²) in [5.41, 5.74) is 12.3. The fourth-order valence-electron chi connectivity index (χ4n) is 3.24. The van der Waals surface area contributed by atoms with Gasteiger partial charge in [-0.1, -0.05) is 48.0 Å². The van der Waals surface area contributed by atoms with Crippen molar-refractivity contribution < 1.29 is 9.18 Å². The summed E-state index contributed by atoms with van der Waals surface area (Å²) in [7, 11) is 0. The van der Waals surface area contributed by atoms with Gasteiger partial charge in [0, 0.05) is 12.2 Å². The normalized spacial score (nSPS) is 11.9. The second-order valence-corrected chi connectivity index (χ2v) is 7.52. The van der Waals surface area contributed by atoms with Gasteiger partial charge < -0.3 is 10.6 Å². The molecule has 3 aromatic carbocycles. The number of anilines is 1. The van der Waals surface area contributed by atoms with Crippen LogP contribution in [0.1, 0.15) is 33.9 Å². The summed E-state index contributed by atoms with van der Waals surface area (Å²) in [6.07, 6.45) is 0.717. The third-order valence-corrected chi connectivity index (χ3v) is 5.31. The van der Waals surface area contributed by atoms with Gasteiger partial charge in [0.15, 0.2) is 0 Å². The highest BCUT2D eigenvalue weighted by molar-refractivity contribution is 5.97. The number of amides is 1. The molecule has 0 heterocycles. The summed E-state index contributed by atoms with van der Waals surface area (Å²) in [4.78, 5) is 15.0. The molecule has 150 valence electrons. The molecule has 3 rings (SSSR count). The highest BCUT2D eigenvalue weighted by Crippen LogP contribution is 2.23. The van der Waals surface area contributed by atoms with Gasteiger partial charge in [-0.15, -0.1) is 0 Å². The summed E-state index contributed by atoms with van der Waals surface area (Å²) in [6.45, 7) is 6.64. The monoisotopic (exact) mass is 390 g/mol. The number of rotatable bonds is 6. The minimum absolute atomic E-state index is 0.202. The molecule has 0 saturated heterocycles. The van der Waals surface area contributed by atoms with Gasteiger partial charge in [-0.25, -0.2) is 4.39 Å². The lowest BCUT2D eigenvalue weighted by atomic mass is 10.0. The third-order valence-electron chi connectivity index (χ3n) is 5.31. The Hall–Kier alpha value is -2.98. The summed E-state index contributed by atoms with van der Waals surface area (Å²) < 4.78 is 13.3. The number of hydrogen-bond acceptors (Lipinski definition) is 2. The van der Waals surface area contributed by atoms with Gasteiger partial charge in [-0.2, -0.15) is 0 Å². The molecule has 3 nitrogen and oxygen atoms in total. The van der Waals surface area contributed by atoms with Crippen molar-refractivity contribution in [1.29, 1.82) is 0 Å². The molecule has 0 aliphatic carbocycles. The van der Waals surface area contributed by atoms with E-state index in [9.17, 15) is 9.18 Å². The Morgan fingerprint density at radius 2 is 1.59 bits per heavy atom. The molecule has 0 aromatic heterocycles. The van der Waals surface area contributed by atoms with Crippen molar-refractivity contribution in [3.63, 3.8) is 0 Å². The first-order valence-corrected chi connectivity index (χ1v) is 9.80. The van der Waals surface area contributed by atoms with Gasteiger partial charge in [0.2, 0.25) is 5.91 Å². The first-order chi connectivity index (χ1) is 13.8. The molecule has 4 heteroatoms. The van der Waals surface area contributed by atoms with Crippen molar-refractivity contribution in [2.75, 3.05) is 11.4 Å². The van der Waals surface area contributed by atoms with E-state index in [0.717, 1.165) is 23.2 Å². The van der Waals surface area contributed by atoms with Crippen LogP contribution in [0.15, 0.2) is 66.7 Å². The maximum Gasteiger partial charge on any atom is 0.248 e. The highest BCUT2D eigenvalue weighted by Gasteiger charge is 2.24. The zero-order valence-electron chi connectivity index (χ0n) is 17.2. The summed E-state index contributed by atoms with van der Waals surface area (Å²) in [6, 6.07) is 19.2. The van der Waals surface area contributed by atoms with E-state index in [1.807, 2.05) is 32.0 Å². The molecular weight excluding hydrogens is 363 g/mol. The molecule has 3 aromatic rings. The Balaban J connectivity index is 1.88. The lowest BCUT2D eigenvalue weighted by Gasteiger charge is -2.27. The van der Waals surface area contributed by atoms with E-state index in [1.54, 1.807) is 17.0 Å². The molecule has 1 amide bonds. The fourth-order valence-corrected chi connectivity index (χ4v) is 3.24. The van der Waals surface area contributed by atoms with E-state index < -0.39 is 6.04 Å². The van der Waals surface area contributed by atoms with E-state index in [0.29, 0.717) is 12.1 Å². The van der Waals surface area contributed by atoms with Crippen LogP contribution < -0.4 is 10.6 Å². The van der Waals surface area contributed by atoms with E-state index in [-0.39, 0.29) is 11.7 Å². The molecule has 0 saturated carbocycles. The molecule has 0 spiro atoms. The Kier molecular flexibility index (Phi) is 6.45. The number of nitrogens with two attached hydrogens (primary N) is 1. The van der Waals surface area contributed by atoms with Crippen molar-refractivity contribution in [3.8, 4) is 0 Å². The van der Waals surface area contributed by atoms with Crippen LogP contribution in [0, 0.1) is 26.6 Å². The van der Waals surface area contributed by atoms with Crippen LogP contribution >= 0.6 is 0 Å². The number of benzene rings is 3. The first kappa shape index (κ1) is 20.7. The van der Waals surface area contributed by atoms with Crippen LogP contribution in [0.4, 0.5) is 10.1 Å². The number of carbonyl (C=O) groups excluding carboxylic acids is 1. The second kappa shape index (κ2) is 9.01. The van der Waals surface area contributed by atoms with E-state index in [2.05, 4.69) is 31.2 Å². The molecule has 0 aliphatic rings. The Labute approximate surface area is 172 Å². The summed E-state index contributed by atoms with van der Waals surface area (Å²) in [5.74, 6) is -0.550. The predicted molar refractivity (Wildman–Crippen MR) is 116 cm³/mol. The largest absolute Gasteiger partial charge is 0.316 e. The van der Waals surface area contributed by atoms with Crippen LogP contribution in [-0.4, -0.2) is 12.5 Å². The standard InChI is InChI=1S/C25H27FN2O/c1-17-4-7-20(8-5-17)14-15-28(23-13-6-18(2)19(3)16-23)25(29)24(27)21-9-11-22(26)12-10-21/h4-13,16,24H,14-15,27H2,1-3H3/t24-/m1/s1. The van der Waals surface area contributed by atoms with Crippen molar-refractivity contribution in [2.24, 2.45) is 5.73 Å². The van der Waals surface area contributed by atoms with Gasteiger partial charge >= 0.3 is 0 Å². The fraction of sp³-hybridized carbons (Fsp3) is 0.240. The van der Waals surface area contributed by atoms with E-state index in [4.69, 9.17) is 5.73 Å². The second-order valence-electron chi connectivity index (χ2n) is 7.52. The van der Waals surface area contributed by atoms with Gasteiger partial charge in [0.1, 0.15) is 11.9 Å². The summed E-state index contributed by atoms with van der Waals surface area (Å²) >= 11 is 0. The van der Waals surface area contributed by atoms with E-state index in [1.165, 1.54) is 23.3 Å². The third kappa shape index (κ3) is 5.09. The average molecular weight is 391 g/mol. The topological polar surface area (TPSA) is 46.3 Å². The minimum Gasteiger partial charge on any atom is -0.316 e. The molecule has 0 unspecified atom stereocenters. The first-order valence-electron chi connectivity index (χ1n) is 9.80. The lowest BCUT2D eigenvalue weighted by molar-refractivity contribution is -0.120. The maximum absolute atomic E-state index is 13.3. The SMILES string of the molecule is Cc1ccc(CCN(C(=O)[C@H](N)c2ccc(F)cc2)c2ccc(C)c(C)c2)cc1. The number of hydrogen-bond donors (Lipinski definition) is 1. The number of nitrogens with zero attached hydrogens (tertiary/aromatic N) is 1. The van der Waals surface area contributed by atoms with Gasteiger partial charge in [-0.05, 0) is 73.7 Å². The maximum atomic E-state index is 13.3. The lowest BCUT2D eigenvalue weighted by Crippen LogP contribution is -2.40. The zero-order valence-corrected chi connectivity index (χ0v) is 17.2. The Morgan fingerprint density at radius 1 is 0.931 bits per heavy atom. The van der Waals surface area contributed by atoms with Crippen molar-refractivity contribution in [2.45, 2.75) is 33.2 Å². The van der Waals surface area contributed by atoms with E-state index >= 15 is 0 Å². The predicted octanol–water partition coefficient (Wildman–Crippen LogP) is 5.03. The molecule has 0 bridgehead atoms. The average Bonchev–Trinajstić information content (AvgIpc) is 2.72. The number of halogens is 1. The minimum atomic E-state index is -0.852. The molecule has 2 N–H and O–H groups in total. The van der Waals surface area contributed by atoms with Crippen LogP contribution in [0.5, 0.6) is 0 Å². The Morgan fingerprint density at radius 3 is 2.21 bits per heavy atom. The van der Waals surface area contributed by atoms with Gasteiger partial charge in [0.05, 0.1) is 0 Å². The molecule has 29 heavy (non-hydrogen) atoms. The molecular formula is C25H27FN2O. The summed E-state index contributed by atoms with van der Waals surface area (Å²) in [5, 5.41) is 0. The molecule has 1 atom stereocenters.